The number of rotatable bonds is 6. The van der Waals surface area contributed by atoms with E-state index in [0.29, 0.717) is 17.3 Å². The average Bonchev–Trinajstić information content (AvgIpc) is 2.66. The van der Waals surface area contributed by atoms with Gasteiger partial charge in [-0.25, -0.2) is 0 Å². The van der Waals surface area contributed by atoms with E-state index >= 15 is 0 Å². The molecule has 0 spiro atoms. The number of hydrogen-bond donors (Lipinski definition) is 1. The minimum Gasteiger partial charge on any atom is -0.497 e. The van der Waals surface area contributed by atoms with Crippen LogP contribution in [0.3, 0.4) is 0 Å². The van der Waals surface area contributed by atoms with Crippen molar-refractivity contribution in [3.05, 3.63) is 71.2 Å². The Morgan fingerprint density at radius 3 is 2.44 bits per heavy atom. The van der Waals surface area contributed by atoms with Crippen molar-refractivity contribution in [1.82, 2.24) is 5.32 Å². The molecule has 0 fully saturated rings. The zero-order valence-electron chi connectivity index (χ0n) is 13.8. The predicted molar refractivity (Wildman–Crippen MR) is 99.3 cm³/mol. The molecule has 25 heavy (non-hydrogen) atoms. The molecule has 0 aliphatic carbocycles. The van der Waals surface area contributed by atoms with Crippen LogP contribution in [0.4, 0.5) is 0 Å². The zero-order valence-corrected chi connectivity index (χ0v) is 14.5. The van der Waals surface area contributed by atoms with Crippen molar-refractivity contribution in [2.45, 2.75) is 6.54 Å². The number of halogens is 1. The third-order valence-electron chi connectivity index (χ3n) is 3.84. The quantitative estimate of drug-likeness (QED) is 0.721. The molecular formula is C20H18ClNO3. The molecule has 3 aromatic rings. The van der Waals surface area contributed by atoms with E-state index in [0.717, 1.165) is 22.1 Å². The topological polar surface area (TPSA) is 47.6 Å². The first-order chi connectivity index (χ1) is 12.2. The van der Waals surface area contributed by atoms with Crippen LogP contribution in [-0.2, 0) is 11.3 Å². The maximum Gasteiger partial charge on any atom is 0.258 e. The first kappa shape index (κ1) is 17.1. The second-order valence-electron chi connectivity index (χ2n) is 5.50. The molecular weight excluding hydrogens is 338 g/mol. The number of fused-ring (bicyclic) bond motifs is 1. The average molecular weight is 356 g/mol. The second kappa shape index (κ2) is 7.90. The van der Waals surface area contributed by atoms with Gasteiger partial charge in [-0.3, -0.25) is 4.79 Å². The van der Waals surface area contributed by atoms with Gasteiger partial charge in [-0.2, -0.15) is 0 Å². The third-order valence-corrected chi connectivity index (χ3v) is 4.17. The lowest BCUT2D eigenvalue weighted by Crippen LogP contribution is -2.28. The van der Waals surface area contributed by atoms with Gasteiger partial charge in [0.25, 0.3) is 5.91 Å². The summed E-state index contributed by atoms with van der Waals surface area (Å²) < 4.78 is 10.8. The van der Waals surface area contributed by atoms with Gasteiger partial charge in [0.2, 0.25) is 0 Å². The van der Waals surface area contributed by atoms with Gasteiger partial charge in [0.15, 0.2) is 6.61 Å². The van der Waals surface area contributed by atoms with Crippen molar-refractivity contribution < 1.29 is 14.3 Å². The van der Waals surface area contributed by atoms with Crippen molar-refractivity contribution in [2.75, 3.05) is 13.7 Å². The third kappa shape index (κ3) is 4.22. The number of carbonyl (C=O) groups excluding carboxylic acids is 1. The molecule has 0 aliphatic heterocycles. The van der Waals surface area contributed by atoms with Crippen LogP contribution in [0, 0.1) is 0 Å². The molecule has 5 heteroatoms. The maximum absolute atomic E-state index is 12.0. The monoisotopic (exact) mass is 355 g/mol. The molecule has 1 amide bonds. The summed E-state index contributed by atoms with van der Waals surface area (Å²) in [4.78, 5) is 12.0. The van der Waals surface area contributed by atoms with Crippen LogP contribution < -0.4 is 14.8 Å². The SMILES string of the molecule is COc1ccc(CNC(=O)COc2ccc(Cl)c3ccccc23)cc1. The normalized spacial score (nSPS) is 10.5. The number of benzene rings is 3. The fraction of sp³-hybridized carbons (Fsp3) is 0.150. The van der Waals surface area contributed by atoms with Gasteiger partial charge in [0, 0.05) is 22.3 Å². The smallest absolute Gasteiger partial charge is 0.258 e. The minimum absolute atomic E-state index is 0.0538. The van der Waals surface area contributed by atoms with E-state index < -0.39 is 0 Å². The summed E-state index contributed by atoms with van der Waals surface area (Å²) in [6.07, 6.45) is 0. The Hall–Kier alpha value is -2.72. The molecule has 0 unspecified atom stereocenters. The fourth-order valence-corrected chi connectivity index (χ4v) is 2.73. The molecule has 3 rings (SSSR count). The van der Waals surface area contributed by atoms with Crippen molar-refractivity contribution in [3.63, 3.8) is 0 Å². The van der Waals surface area contributed by atoms with Gasteiger partial charge in [-0.15, -0.1) is 0 Å². The summed E-state index contributed by atoms with van der Waals surface area (Å²) in [7, 11) is 1.62. The van der Waals surface area contributed by atoms with Crippen molar-refractivity contribution in [3.8, 4) is 11.5 Å². The van der Waals surface area contributed by atoms with Gasteiger partial charge in [-0.1, -0.05) is 48.0 Å². The van der Waals surface area contributed by atoms with Crippen LogP contribution >= 0.6 is 11.6 Å². The highest BCUT2D eigenvalue weighted by molar-refractivity contribution is 6.35. The summed E-state index contributed by atoms with van der Waals surface area (Å²) in [5.74, 6) is 1.24. The molecule has 3 aromatic carbocycles. The highest BCUT2D eigenvalue weighted by Gasteiger charge is 2.08. The second-order valence-corrected chi connectivity index (χ2v) is 5.91. The van der Waals surface area contributed by atoms with Crippen LogP contribution in [0.5, 0.6) is 11.5 Å². The first-order valence-corrected chi connectivity index (χ1v) is 8.25. The molecule has 4 nitrogen and oxygen atoms in total. The van der Waals surface area contributed by atoms with Gasteiger partial charge >= 0.3 is 0 Å². The molecule has 0 atom stereocenters. The van der Waals surface area contributed by atoms with Crippen LogP contribution in [0.1, 0.15) is 5.56 Å². The summed E-state index contributed by atoms with van der Waals surface area (Å²) in [5, 5.41) is 5.28. The molecule has 0 aliphatic rings. The lowest BCUT2D eigenvalue weighted by atomic mass is 10.1. The van der Waals surface area contributed by atoms with E-state index in [1.165, 1.54) is 0 Å². The van der Waals surface area contributed by atoms with Crippen molar-refractivity contribution in [2.24, 2.45) is 0 Å². The fourth-order valence-electron chi connectivity index (χ4n) is 2.50. The Morgan fingerprint density at radius 2 is 1.72 bits per heavy atom. The summed E-state index contributed by atoms with van der Waals surface area (Å²) >= 11 is 6.19. The lowest BCUT2D eigenvalue weighted by molar-refractivity contribution is -0.123. The molecule has 0 heterocycles. The van der Waals surface area contributed by atoms with Crippen molar-refractivity contribution >= 4 is 28.3 Å². The van der Waals surface area contributed by atoms with Crippen LogP contribution in [-0.4, -0.2) is 19.6 Å². The Morgan fingerprint density at radius 1 is 1.00 bits per heavy atom. The highest BCUT2D eigenvalue weighted by Crippen LogP contribution is 2.31. The summed E-state index contributed by atoms with van der Waals surface area (Å²) in [6, 6.07) is 18.8. The number of carbonyl (C=O) groups is 1. The van der Waals surface area contributed by atoms with E-state index in [1.54, 1.807) is 19.2 Å². The van der Waals surface area contributed by atoms with E-state index in [-0.39, 0.29) is 12.5 Å². The molecule has 1 N–H and O–H groups in total. The van der Waals surface area contributed by atoms with E-state index in [1.807, 2.05) is 48.5 Å². The van der Waals surface area contributed by atoms with E-state index in [4.69, 9.17) is 21.1 Å². The van der Waals surface area contributed by atoms with E-state index in [9.17, 15) is 4.79 Å². The standard InChI is InChI=1S/C20H18ClNO3/c1-24-15-8-6-14(7-9-15)12-22-20(23)13-25-19-11-10-18(21)16-4-2-3-5-17(16)19/h2-11H,12-13H2,1H3,(H,22,23). The molecule has 0 radical (unpaired) electrons. The number of ether oxygens (including phenoxy) is 2. The predicted octanol–water partition coefficient (Wildman–Crippen LogP) is 4.20. The Labute approximate surface area is 151 Å². The summed E-state index contributed by atoms with van der Waals surface area (Å²) in [5.41, 5.74) is 0.992. The van der Waals surface area contributed by atoms with Gasteiger partial charge < -0.3 is 14.8 Å². The van der Waals surface area contributed by atoms with Crippen LogP contribution in [0.25, 0.3) is 10.8 Å². The Balaban J connectivity index is 1.58. The van der Waals surface area contributed by atoms with Crippen LogP contribution in [0.2, 0.25) is 5.02 Å². The number of nitrogens with one attached hydrogen (secondary N) is 1. The molecule has 0 bridgehead atoms. The lowest BCUT2D eigenvalue weighted by Gasteiger charge is -2.11. The number of amides is 1. The summed E-state index contributed by atoms with van der Waals surface area (Å²) in [6.45, 7) is 0.384. The van der Waals surface area contributed by atoms with Crippen LogP contribution in [0.15, 0.2) is 60.7 Å². The molecule has 0 saturated carbocycles. The molecule has 128 valence electrons. The van der Waals surface area contributed by atoms with Gasteiger partial charge in [0.1, 0.15) is 11.5 Å². The zero-order chi connectivity index (χ0) is 17.6. The first-order valence-electron chi connectivity index (χ1n) is 7.87. The van der Waals surface area contributed by atoms with E-state index in [2.05, 4.69) is 5.32 Å². The Kier molecular flexibility index (Phi) is 5.41. The van der Waals surface area contributed by atoms with Crippen molar-refractivity contribution in [1.29, 1.82) is 0 Å². The Bertz CT molecular complexity index is 878. The molecule has 0 aromatic heterocycles. The number of hydrogen-bond acceptors (Lipinski definition) is 3. The largest absolute Gasteiger partial charge is 0.497 e. The van der Waals surface area contributed by atoms with Gasteiger partial charge in [-0.05, 0) is 29.8 Å². The van der Waals surface area contributed by atoms with Gasteiger partial charge in [0.05, 0.1) is 7.11 Å². The minimum atomic E-state index is -0.185. The molecule has 0 saturated heterocycles. The highest BCUT2D eigenvalue weighted by atomic mass is 35.5. The maximum atomic E-state index is 12.0. The number of methoxy groups -OCH3 is 1.